The minimum absolute atomic E-state index is 0.312. The quantitative estimate of drug-likeness (QED) is 0.395. The Labute approximate surface area is 112 Å². The number of hydrogen-bond donors (Lipinski definition) is 5. The number of nitrogens with two attached hydrogens (primary N) is 2. The number of rotatable bonds is 1. The molecule has 5 nitrogen and oxygen atoms in total. The molecular weight excluding hydrogens is 238 g/mol. The molecule has 0 spiro atoms. The zero-order valence-electron chi connectivity index (χ0n) is 10.4. The second-order valence-corrected chi connectivity index (χ2v) is 3.68. The lowest BCUT2D eigenvalue weighted by Gasteiger charge is -1.98. The van der Waals surface area contributed by atoms with E-state index in [4.69, 9.17) is 22.3 Å². The Morgan fingerprint density at radius 2 is 1.00 bits per heavy atom. The summed E-state index contributed by atoms with van der Waals surface area (Å²) in [5.41, 5.74) is 12.0. The summed E-state index contributed by atoms with van der Waals surface area (Å²) in [4.78, 5) is 0. The van der Waals surface area contributed by atoms with Crippen molar-refractivity contribution in [3.8, 4) is 11.1 Å². The molecule has 0 fully saturated rings. The molecule has 0 aliphatic rings. The molecule has 0 bridgehead atoms. The van der Waals surface area contributed by atoms with Gasteiger partial charge in [-0.15, -0.1) is 0 Å². The van der Waals surface area contributed by atoms with Gasteiger partial charge in [0, 0.05) is 0 Å². The first-order valence-electron chi connectivity index (χ1n) is 5.65. The molecular formula is C14H17N5. The fraction of sp³-hybridized carbons (Fsp3) is 0. The Balaban J connectivity index is 0.000000224. The summed E-state index contributed by atoms with van der Waals surface area (Å²) < 4.78 is 0. The van der Waals surface area contributed by atoms with Crippen molar-refractivity contribution < 1.29 is 0 Å². The monoisotopic (exact) mass is 255 g/mol. The van der Waals surface area contributed by atoms with Crippen molar-refractivity contribution in [1.82, 2.24) is 5.32 Å². The van der Waals surface area contributed by atoms with E-state index in [-0.39, 0.29) is 11.9 Å². The Kier molecular flexibility index (Phi) is 5.62. The third-order valence-corrected chi connectivity index (χ3v) is 2.15. The minimum atomic E-state index is -0.312. The molecule has 98 valence electrons. The first-order valence-corrected chi connectivity index (χ1v) is 5.65. The first-order chi connectivity index (χ1) is 9.09. The summed E-state index contributed by atoms with van der Waals surface area (Å²) in [5, 5.41) is 15.0. The van der Waals surface area contributed by atoms with E-state index in [9.17, 15) is 0 Å². The van der Waals surface area contributed by atoms with E-state index >= 15 is 0 Å². The Bertz CT molecular complexity index is 473. The van der Waals surface area contributed by atoms with Crippen LogP contribution in [0.1, 0.15) is 0 Å². The van der Waals surface area contributed by atoms with Gasteiger partial charge in [0.2, 0.25) is 0 Å². The average Bonchev–Trinajstić information content (AvgIpc) is 2.40. The molecule has 0 atom stereocenters. The van der Waals surface area contributed by atoms with Gasteiger partial charge in [0.05, 0.1) is 0 Å². The van der Waals surface area contributed by atoms with Crippen molar-refractivity contribution >= 4 is 11.9 Å². The van der Waals surface area contributed by atoms with Gasteiger partial charge >= 0.3 is 0 Å². The highest BCUT2D eigenvalue weighted by Gasteiger charge is 1.91. The van der Waals surface area contributed by atoms with Crippen molar-refractivity contribution in [3.63, 3.8) is 0 Å². The maximum absolute atomic E-state index is 6.47. The molecule has 7 N–H and O–H groups in total. The lowest BCUT2D eigenvalue weighted by molar-refractivity contribution is 1.19. The van der Waals surface area contributed by atoms with Crippen LogP contribution in [0.5, 0.6) is 0 Å². The van der Waals surface area contributed by atoms with E-state index in [1.165, 1.54) is 11.1 Å². The third-order valence-electron chi connectivity index (χ3n) is 2.15. The van der Waals surface area contributed by atoms with Gasteiger partial charge in [0.15, 0.2) is 11.9 Å². The zero-order valence-corrected chi connectivity index (χ0v) is 10.4. The molecule has 0 saturated heterocycles. The van der Waals surface area contributed by atoms with Crippen molar-refractivity contribution in [2.75, 3.05) is 0 Å². The van der Waals surface area contributed by atoms with Gasteiger partial charge in [0.1, 0.15) is 0 Å². The van der Waals surface area contributed by atoms with Gasteiger partial charge in [-0.05, 0) is 11.1 Å². The average molecular weight is 255 g/mol. The van der Waals surface area contributed by atoms with Crippen molar-refractivity contribution in [3.05, 3.63) is 60.7 Å². The molecule has 0 radical (unpaired) electrons. The van der Waals surface area contributed by atoms with E-state index in [1.807, 2.05) is 17.4 Å². The van der Waals surface area contributed by atoms with Crippen LogP contribution in [-0.2, 0) is 0 Å². The second-order valence-electron chi connectivity index (χ2n) is 3.68. The van der Waals surface area contributed by atoms with Gasteiger partial charge in [0.25, 0.3) is 0 Å². The molecule has 2 aromatic rings. The van der Waals surface area contributed by atoms with Crippen LogP contribution < -0.4 is 16.8 Å². The molecule has 2 aromatic carbocycles. The molecule has 0 aliphatic carbocycles. The van der Waals surface area contributed by atoms with Crippen molar-refractivity contribution in [2.24, 2.45) is 11.5 Å². The normalized spacial score (nSPS) is 8.84. The van der Waals surface area contributed by atoms with Gasteiger partial charge in [-0.1, -0.05) is 60.7 Å². The number of nitrogens with one attached hydrogen (secondary N) is 3. The molecule has 0 aromatic heterocycles. The molecule has 0 unspecified atom stereocenters. The second kappa shape index (κ2) is 7.50. The summed E-state index contributed by atoms with van der Waals surface area (Å²) in [6.45, 7) is 0. The fourth-order valence-electron chi connectivity index (χ4n) is 1.41. The van der Waals surface area contributed by atoms with Crippen molar-refractivity contribution in [2.45, 2.75) is 0 Å². The van der Waals surface area contributed by atoms with E-state index in [0.717, 1.165) is 0 Å². The van der Waals surface area contributed by atoms with Gasteiger partial charge in [-0.2, -0.15) is 0 Å². The van der Waals surface area contributed by atoms with E-state index in [0.29, 0.717) is 0 Å². The van der Waals surface area contributed by atoms with Gasteiger partial charge < -0.3 is 11.5 Å². The largest absolute Gasteiger partial charge is 0.370 e. The summed E-state index contributed by atoms with van der Waals surface area (Å²) in [7, 11) is 0. The van der Waals surface area contributed by atoms with Crippen LogP contribution in [0.15, 0.2) is 60.7 Å². The van der Waals surface area contributed by atoms with Crippen LogP contribution in [0.3, 0.4) is 0 Å². The maximum atomic E-state index is 6.47. The molecule has 5 heteroatoms. The van der Waals surface area contributed by atoms with Gasteiger partial charge in [-0.25, -0.2) is 0 Å². The van der Waals surface area contributed by atoms with E-state index in [1.54, 1.807) is 0 Å². The third kappa shape index (κ3) is 5.88. The highest BCUT2D eigenvalue weighted by atomic mass is 15.1. The SMILES string of the molecule is N=C(N)NC(=N)N.c1ccc(-c2ccccc2)cc1. The predicted octanol–water partition coefficient (Wildman–Crippen LogP) is 1.72. The van der Waals surface area contributed by atoms with Gasteiger partial charge in [-0.3, -0.25) is 16.1 Å². The number of benzene rings is 2. The summed E-state index contributed by atoms with van der Waals surface area (Å²) in [5.74, 6) is -0.625. The molecule has 0 saturated carbocycles. The lowest BCUT2D eigenvalue weighted by atomic mass is 10.1. The Hall–Kier alpha value is -2.82. The fourth-order valence-corrected chi connectivity index (χ4v) is 1.41. The van der Waals surface area contributed by atoms with Crippen LogP contribution in [-0.4, -0.2) is 11.9 Å². The summed E-state index contributed by atoms with van der Waals surface area (Å²) in [6.07, 6.45) is 0. The number of hydrogen-bond acceptors (Lipinski definition) is 2. The molecule has 19 heavy (non-hydrogen) atoms. The topological polar surface area (TPSA) is 112 Å². The zero-order chi connectivity index (χ0) is 14.1. The highest BCUT2D eigenvalue weighted by Crippen LogP contribution is 2.17. The molecule has 0 amide bonds. The molecule has 0 heterocycles. The summed E-state index contributed by atoms with van der Waals surface area (Å²) in [6, 6.07) is 20.8. The van der Waals surface area contributed by atoms with E-state index in [2.05, 4.69) is 48.5 Å². The van der Waals surface area contributed by atoms with Crippen LogP contribution in [0.2, 0.25) is 0 Å². The molecule has 0 aliphatic heterocycles. The molecule has 2 rings (SSSR count). The van der Waals surface area contributed by atoms with E-state index < -0.39 is 0 Å². The minimum Gasteiger partial charge on any atom is -0.370 e. The summed E-state index contributed by atoms with van der Waals surface area (Å²) >= 11 is 0. The van der Waals surface area contributed by atoms with Crippen LogP contribution in [0.4, 0.5) is 0 Å². The standard InChI is InChI=1S/C12H10.C2H7N5/c1-3-7-11(8-4-1)12-9-5-2-6-10-12;3-1(4)7-2(5)6/h1-10H;(H7,3,4,5,6,7). The smallest absolute Gasteiger partial charge is 0.192 e. The van der Waals surface area contributed by atoms with Crippen LogP contribution in [0.25, 0.3) is 11.1 Å². The Morgan fingerprint density at radius 3 is 1.21 bits per heavy atom. The highest BCUT2D eigenvalue weighted by molar-refractivity contribution is 5.93. The van der Waals surface area contributed by atoms with Crippen molar-refractivity contribution in [1.29, 1.82) is 10.8 Å². The van der Waals surface area contributed by atoms with Crippen LogP contribution >= 0.6 is 0 Å². The lowest BCUT2D eigenvalue weighted by Crippen LogP contribution is -2.39. The maximum Gasteiger partial charge on any atom is 0.192 e. The first kappa shape index (κ1) is 14.2. The van der Waals surface area contributed by atoms with Crippen LogP contribution in [0, 0.1) is 10.8 Å². The Morgan fingerprint density at radius 1 is 0.684 bits per heavy atom. The number of guanidine groups is 2. The predicted molar refractivity (Wildman–Crippen MR) is 78.8 cm³/mol.